The van der Waals surface area contributed by atoms with Crippen molar-refractivity contribution in [3.8, 4) is 0 Å². The summed E-state index contributed by atoms with van der Waals surface area (Å²) in [5.74, 6) is 0.249. The number of nitrogens with one attached hydrogen (secondary N) is 2. The van der Waals surface area contributed by atoms with Crippen LogP contribution >= 0.6 is 0 Å². The third kappa shape index (κ3) is 5.31. The van der Waals surface area contributed by atoms with Gasteiger partial charge in [0, 0.05) is 5.70 Å². The number of hydrazone groups is 1. The second kappa shape index (κ2) is 9.38. The van der Waals surface area contributed by atoms with Crippen molar-refractivity contribution in [2.45, 2.75) is 18.8 Å². The van der Waals surface area contributed by atoms with Crippen LogP contribution in [0.1, 0.15) is 30.1 Å². The zero-order chi connectivity index (χ0) is 18.9. The van der Waals surface area contributed by atoms with Crippen LogP contribution in [0.15, 0.2) is 94.3 Å². The molecule has 0 saturated heterocycles. The van der Waals surface area contributed by atoms with Crippen molar-refractivity contribution < 1.29 is 9.21 Å². The van der Waals surface area contributed by atoms with Crippen molar-refractivity contribution in [3.05, 3.63) is 96.1 Å². The minimum atomic E-state index is -0.331. The first-order valence-corrected chi connectivity index (χ1v) is 8.93. The van der Waals surface area contributed by atoms with Gasteiger partial charge in [0.1, 0.15) is 5.76 Å². The lowest BCUT2D eigenvalue weighted by Crippen LogP contribution is -2.33. The fraction of sp³-hybridized carbons (Fsp3) is 0.182. The number of hydrogen-bond acceptors (Lipinski definition) is 4. The van der Waals surface area contributed by atoms with Crippen molar-refractivity contribution in [2.24, 2.45) is 5.10 Å². The summed E-state index contributed by atoms with van der Waals surface area (Å²) in [6, 6.07) is 13.4. The standard InChI is InChI=1S/C22H23N3O2/c1-17(25-24-16-20-13-8-14-27-20)15-23-22(26)21(18-9-4-2-5-10-18)19-11-6-3-7-12-19/h2,4-6,8-14,16,21,25H,1,3,7,15H2,(H,23,26)/b24-16+. The monoisotopic (exact) mass is 361 g/mol. The molecule has 2 aromatic rings. The minimum absolute atomic E-state index is 0.0584. The van der Waals surface area contributed by atoms with E-state index in [1.165, 1.54) is 0 Å². The Hall–Kier alpha value is -3.34. The van der Waals surface area contributed by atoms with Crippen LogP contribution in [-0.4, -0.2) is 18.7 Å². The third-order valence-corrected chi connectivity index (χ3v) is 4.19. The largest absolute Gasteiger partial charge is 0.463 e. The van der Waals surface area contributed by atoms with Crippen LogP contribution in [0.4, 0.5) is 0 Å². The molecule has 27 heavy (non-hydrogen) atoms. The van der Waals surface area contributed by atoms with Crippen LogP contribution in [0.25, 0.3) is 0 Å². The summed E-state index contributed by atoms with van der Waals surface area (Å²) in [5, 5.41) is 6.99. The fourth-order valence-electron chi connectivity index (χ4n) is 2.88. The van der Waals surface area contributed by atoms with Gasteiger partial charge >= 0.3 is 0 Å². The van der Waals surface area contributed by atoms with E-state index in [1.54, 1.807) is 24.6 Å². The lowest BCUT2D eigenvalue weighted by Gasteiger charge is -2.20. The van der Waals surface area contributed by atoms with Gasteiger partial charge in [0.25, 0.3) is 0 Å². The molecule has 1 aromatic carbocycles. The number of amides is 1. The third-order valence-electron chi connectivity index (χ3n) is 4.19. The predicted octanol–water partition coefficient (Wildman–Crippen LogP) is 3.89. The number of rotatable bonds is 8. The summed E-state index contributed by atoms with van der Waals surface area (Å²) in [4.78, 5) is 12.9. The number of carbonyl (C=O) groups excluding carboxylic acids is 1. The molecule has 5 heteroatoms. The Bertz CT molecular complexity index is 849. The first kappa shape index (κ1) is 18.5. The van der Waals surface area contributed by atoms with Crippen LogP contribution in [0.2, 0.25) is 0 Å². The molecular formula is C22H23N3O2. The number of nitrogens with zero attached hydrogens (tertiary/aromatic N) is 1. The molecule has 5 nitrogen and oxygen atoms in total. The Kier molecular flexibility index (Phi) is 6.41. The van der Waals surface area contributed by atoms with Gasteiger partial charge in [0.05, 0.1) is 24.9 Å². The predicted molar refractivity (Wildman–Crippen MR) is 107 cm³/mol. The smallest absolute Gasteiger partial charge is 0.232 e. The van der Waals surface area contributed by atoms with Crippen molar-refractivity contribution in [1.29, 1.82) is 0 Å². The number of carbonyl (C=O) groups is 1. The number of hydrogen-bond donors (Lipinski definition) is 2. The summed E-state index contributed by atoms with van der Waals surface area (Å²) in [7, 11) is 0. The molecule has 1 unspecified atom stereocenters. The Morgan fingerprint density at radius 3 is 2.78 bits per heavy atom. The Balaban J connectivity index is 1.60. The molecule has 1 aliphatic carbocycles. The van der Waals surface area contributed by atoms with E-state index >= 15 is 0 Å². The maximum absolute atomic E-state index is 12.9. The van der Waals surface area contributed by atoms with E-state index in [-0.39, 0.29) is 18.4 Å². The van der Waals surface area contributed by atoms with E-state index in [0.29, 0.717) is 11.5 Å². The first-order chi connectivity index (χ1) is 13.2. The Morgan fingerprint density at radius 2 is 2.07 bits per heavy atom. The molecule has 1 amide bonds. The number of furan rings is 1. The van der Waals surface area contributed by atoms with E-state index in [0.717, 1.165) is 24.0 Å². The van der Waals surface area contributed by atoms with E-state index in [9.17, 15) is 4.79 Å². The van der Waals surface area contributed by atoms with E-state index in [2.05, 4.69) is 34.6 Å². The molecule has 0 fully saturated rings. The topological polar surface area (TPSA) is 66.6 Å². The molecular weight excluding hydrogens is 338 g/mol. The number of allylic oxidation sites excluding steroid dienone is 3. The fourth-order valence-corrected chi connectivity index (χ4v) is 2.88. The van der Waals surface area contributed by atoms with Gasteiger partial charge in [-0.2, -0.15) is 5.10 Å². The normalized spacial score (nSPS) is 14.6. The molecule has 0 saturated carbocycles. The van der Waals surface area contributed by atoms with Gasteiger partial charge < -0.3 is 9.73 Å². The number of benzene rings is 1. The van der Waals surface area contributed by atoms with Crippen molar-refractivity contribution in [1.82, 2.24) is 10.7 Å². The van der Waals surface area contributed by atoms with Crippen LogP contribution in [0.5, 0.6) is 0 Å². The summed E-state index contributed by atoms with van der Waals surface area (Å²) in [6.45, 7) is 4.18. The lowest BCUT2D eigenvalue weighted by atomic mass is 9.87. The van der Waals surface area contributed by atoms with Crippen LogP contribution in [0, 0.1) is 0 Å². The molecule has 138 valence electrons. The maximum atomic E-state index is 12.9. The summed E-state index contributed by atoms with van der Waals surface area (Å²) < 4.78 is 5.16. The molecule has 2 N–H and O–H groups in total. The van der Waals surface area contributed by atoms with E-state index < -0.39 is 0 Å². The lowest BCUT2D eigenvalue weighted by molar-refractivity contribution is -0.121. The van der Waals surface area contributed by atoms with Crippen molar-refractivity contribution in [2.75, 3.05) is 6.54 Å². The minimum Gasteiger partial charge on any atom is -0.463 e. The summed E-state index contributed by atoms with van der Waals surface area (Å²) >= 11 is 0. The highest BCUT2D eigenvalue weighted by molar-refractivity contribution is 5.88. The van der Waals surface area contributed by atoms with Gasteiger partial charge in [-0.25, -0.2) is 0 Å². The highest BCUT2D eigenvalue weighted by atomic mass is 16.3. The van der Waals surface area contributed by atoms with Gasteiger partial charge in [-0.1, -0.05) is 55.1 Å². The molecule has 1 heterocycles. The summed E-state index contributed by atoms with van der Waals surface area (Å²) in [6.07, 6.45) is 11.4. The molecule has 0 spiro atoms. The zero-order valence-electron chi connectivity index (χ0n) is 15.1. The Morgan fingerprint density at radius 1 is 1.22 bits per heavy atom. The van der Waals surface area contributed by atoms with Gasteiger partial charge in [-0.05, 0) is 36.1 Å². The van der Waals surface area contributed by atoms with Crippen LogP contribution in [0.3, 0.4) is 0 Å². The highest BCUT2D eigenvalue weighted by Gasteiger charge is 2.23. The Labute approximate surface area is 159 Å². The van der Waals surface area contributed by atoms with Gasteiger partial charge in [-0.3, -0.25) is 10.2 Å². The van der Waals surface area contributed by atoms with Gasteiger partial charge in [-0.15, -0.1) is 0 Å². The molecule has 1 atom stereocenters. The van der Waals surface area contributed by atoms with Crippen LogP contribution < -0.4 is 10.7 Å². The molecule has 0 aliphatic heterocycles. The van der Waals surface area contributed by atoms with Gasteiger partial charge in [0.15, 0.2) is 0 Å². The summed E-state index contributed by atoms with van der Waals surface area (Å²) in [5.41, 5.74) is 5.40. The molecule has 3 rings (SSSR count). The second-order valence-corrected chi connectivity index (χ2v) is 6.23. The van der Waals surface area contributed by atoms with E-state index in [1.807, 2.05) is 36.4 Å². The highest BCUT2D eigenvalue weighted by Crippen LogP contribution is 2.28. The quantitative estimate of drug-likeness (QED) is 0.554. The molecule has 0 radical (unpaired) electrons. The van der Waals surface area contributed by atoms with Crippen LogP contribution in [-0.2, 0) is 4.79 Å². The molecule has 0 bridgehead atoms. The molecule has 1 aliphatic rings. The average Bonchev–Trinajstić information content (AvgIpc) is 3.22. The first-order valence-electron chi connectivity index (χ1n) is 8.93. The maximum Gasteiger partial charge on any atom is 0.232 e. The average molecular weight is 361 g/mol. The van der Waals surface area contributed by atoms with Crippen molar-refractivity contribution in [3.63, 3.8) is 0 Å². The van der Waals surface area contributed by atoms with E-state index in [4.69, 9.17) is 4.42 Å². The second-order valence-electron chi connectivity index (χ2n) is 6.23. The SMILES string of the molecule is C=C(CNC(=O)C(C1=CCCC=C1)c1ccccc1)N/N=C/c1ccco1. The van der Waals surface area contributed by atoms with Crippen molar-refractivity contribution >= 4 is 12.1 Å². The molecule has 1 aromatic heterocycles. The zero-order valence-corrected chi connectivity index (χ0v) is 15.1. The van der Waals surface area contributed by atoms with Gasteiger partial charge in [0.2, 0.25) is 5.91 Å².